The molecule has 1 aliphatic carbocycles. The summed E-state index contributed by atoms with van der Waals surface area (Å²) >= 11 is 0. The molecule has 98 valence electrons. The molecule has 0 radical (unpaired) electrons. The molecular weight excluding hydrogens is 228 g/mol. The number of nitrogens with zero attached hydrogens (tertiary/aromatic N) is 3. The smallest absolute Gasteiger partial charge is 0.274 e. The number of aromatic nitrogens is 2. The van der Waals surface area contributed by atoms with E-state index in [0.717, 1.165) is 32.4 Å². The lowest BCUT2D eigenvalue weighted by Crippen LogP contribution is -2.34. The minimum Gasteiger partial charge on any atom is -0.369 e. The minimum absolute atomic E-state index is 0.00917. The lowest BCUT2D eigenvalue weighted by atomic mass is 10.3. The van der Waals surface area contributed by atoms with Gasteiger partial charge in [0.1, 0.15) is 5.82 Å². The van der Waals surface area contributed by atoms with Gasteiger partial charge in [-0.25, -0.2) is 0 Å². The quantitative estimate of drug-likeness (QED) is 0.835. The summed E-state index contributed by atoms with van der Waals surface area (Å²) in [6.07, 6.45) is 3.22. The lowest BCUT2D eigenvalue weighted by molar-refractivity contribution is 0.0736. The molecule has 0 spiro atoms. The van der Waals surface area contributed by atoms with Crippen LogP contribution >= 0.6 is 0 Å². The maximum Gasteiger partial charge on any atom is 0.274 e. The highest BCUT2D eigenvalue weighted by atomic mass is 16.2. The zero-order valence-electron chi connectivity index (χ0n) is 11.0. The van der Waals surface area contributed by atoms with Crippen molar-refractivity contribution in [3.8, 4) is 0 Å². The first kappa shape index (κ1) is 12.8. The van der Waals surface area contributed by atoms with Gasteiger partial charge in [-0.2, -0.15) is 0 Å². The van der Waals surface area contributed by atoms with Gasteiger partial charge in [-0.3, -0.25) is 4.79 Å². The standard InChI is InChI=1S/C13H20N4O/c1-3-9-17(10-5-6-10)13(18)11-7-8-12(14-4-2)16-15-11/h7-8,10H,3-6,9H2,1-2H3,(H,14,16). The van der Waals surface area contributed by atoms with Crippen LogP contribution in [0.3, 0.4) is 0 Å². The van der Waals surface area contributed by atoms with Gasteiger partial charge in [-0.15, -0.1) is 10.2 Å². The third kappa shape index (κ3) is 2.97. The molecule has 1 aliphatic rings. The van der Waals surface area contributed by atoms with E-state index in [1.165, 1.54) is 0 Å². The number of nitrogens with one attached hydrogen (secondary N) is 1. The highest BCUT2D eigenvalue weighted by Crippen LogP contribution is 2.28. The van der Waals surface area contributed by atoms with Crippen LogP contribution in [-0.4, -0.2) is 40.1 Å². The monoisotopic (exact) mass is 248 g/mol. The molecule has 5 nitrogen and oxygen atoms in total. The van der Waals surface area contributed by atoms with Crippen molar-refractivity contribution in [1.82, 2.24) is 15.1 Å². The van der Waals surface area contributed by atoms with Crippen LogP contribution in [0.2, 0.25) is 0 Å². The summed E-state index contributed by atoms with van der Waals surface area (Å²) in [6, 6.07) is 3.98. The Morgan fingerprint density at radius 2 is 2.17 bits per heavy atom. The molecular formula is C13H20N4O. The number of carbonyl (C=O) groups is 1. The summed E-state index contributed by atoms with van der Waals surface area (Å²) in [7, 11) is 0. The van der Waals surface area contributed by atoms with Crippen molar-refractivity contribution < 1.29 is 4.79 Å². The van der Waals surface area contributed by atoms with Crippen molar-refractivity contribution in [2.75, 3.05) is 18.4 Å². The van der Waals surface area contributed by atoms with E-state index in [0.29, 0.717) is 17.6 Å². The van der Waals surface area contributed by atoms with Crippen LogP contribution in [0.4, 0.5) is 5.82 Å². The highest BCUT2D eigenvalue weighted by Gasteiger charge is 2.32. The van der Waals surface area contributed by atoms with Gasteiger partial charge >= 0.3 is 0 Å². The van der Waals surface area contributed by atoms with Crippen LogP contribution in [0.15, 0.2) is 12.1 Å². The second-order valence-corrected chi connectivity index (χ2v) is 4.56. The zero-order valence-corrected chi connectivity index (χ0v) is 11.0. The maximum absolute atomic E-state index is 12.3. The first-order chi connectivity index (χ1) is 8.76. The second-order valence-electron chi connectivity index (χ2n) is 4.56. The molecule has 1 fully saturated rings. The number of rotatable bonds is 6. The molecule has 2 rings (SSSR count). The van der Waals surface area contributed by atoms with E-state index in [4.69, 9.17) is 0 Å². The normalized spacial score (nSPS) is 14.3. The highest BCUT2D eigenvalue weighted by molar-refractivity contribution is 5.92. The SMILES string of the molecule is CCCN(C(=O)c1ccc(NCC)nn1)C1CC1. The zero-order chi connectivity index (χ0) is 13.0. The van der Waals surface area contributed by atoms with Crippen LogP contribution < -0.4 is 5.32 Å². The summed E-state index contributed by atoms with van der Waals surface area (Å²) in [4.78, 5) is 14.2. The van der Waals surface area contributed by atoms with Gasteiger partial charge in [0.15, 0.2) is 5.69 Å². The van der Waals surface area contributed by atoms with Crippen LogP contribution in [0.5, 0.6) is 0 Å². The molecule has 0 atom stereocenters. The fourth-order valence-electron chi connectivity index (χ4n) is 1.95. The molecule has 0 aliphatic heterocycles. The van der Waals surface area contributed by atoms with Gasteiger partial charge in [0.05, 0.1) is 0 Å². The molecule has 1 N–H and O–H groups in total. The van der Waals surface area contributed by atoms with Gasteiger partial charge in [-0.1, -0.05) is 6.92 Å². The summed E-state index contributed by atoms with van der Waals surface area (Å²) in [5, 5.41) is 11.1. The minimum atomic E-state index is 0.00917. The summed E-state index contributed by atoms with van der Waals surface area (Å²) in [5.41, 5.74) is 0.442. The largest absolute Gasteiger partial charge is 0.369 e. The van der Waals surface area contributed by atoms with Gasteiger partial charge in [-0.05, 0) is 38.3 Å². The van der Waals surface area contributed by atoms with Crippen LogP contribution in [0.1, 0.15) is 43.6 Å². The van der Waals surface area contributed by atoms with Crippen molar-refractivity contribution in [2.45, 2.75) is 39.2 Å². The van der Waals surface area contributed by atoms with E-state index >= 15 is 0 Å². The van der Waals surface area contributed by atoms with Crippen molar-refractivity contribution in [3.63, 3.8) is 0 Å². The fraction of sp³-hybridized carbons (Fsp3) is 0.615. The topological polar surface area (TPSA) is 58.1 Å². The van der Waals surface area contributed by atoms with Crippen molar-refractivity contribution >= 4 is 11.7 Å². The van der Waals surface area contributed by atoms with Crippen LogP contribution in [-0.2, 0) is 0 Å². The predicted octanol–water partition coefficient (Wildman–Crippen LogP) is 1.92. The number of carbonyl (C=O) groups excluding carboxylic acids is 1. The number of anilines is 1. The van der Waals surface area contributed by atoms with E-state index in [2.05, 4.69) is 22.4 Å². The Labute approximate surface area is 108 Å². The lowest BCUT2D eigenvalue weighted by Gasteiger charge is -2.20. The Morgan fingerprint density at radius 3 is 2.67 bits per heavy atom. The van der Waals surface area contributed by atoms with Gasteiger partial charge in [0.2, 0.25) is 0 Å². The number of hydrogen-bond acceptors (Lipinski definition) is 4. The molecule has 0 unspecified atom stereocenters. The molecule has 5 heteroatoms. The van der Waals surface area contributed by atoms with E-state index < -0.39 is 0 Å². The van der Waals surface area contributed by atoms with Gasteiger partial charge < -0.3 is 10.2 Å². The van der Waals surface area contributed by atoms with Crippen LogP contribution in [0.25, 0.3) is 0 Å². The van der Waals surface area contributed by atoms with Gasteiger partial charge in [0.25, 0.3) is 5.91 Å². The Morgan fingerprint density at radius 1 is 1.39 bits per heavy atom. The maximum atomic E-state index is 12.3. The van der Waals surface area contributed by atoms with Crippen molar-refractivity contribution in [2.24, 2.45) is 0 Å². The molecule has 0 bridgehead atoms. The molecule has 0 saturated heterocycles. The molecule has 1 aromatic heterocycles. The Hall–Kier alpha value is -1.65. The Balaban J connectivity index is 2.06. The van der Waals surface area contributed by atoms with E-state index in [-0.39, 0.29) is 5.91 Å². The summed E-state index contributed by atoms with van der Waals surface area (Å²) in [5.74, 6) is 0.720. The molecule has 1 aromatic rings. The molecule has 1 heterocycles. The van der Waals surface area contributed by atoms with Crippen molar-refractivity contribution in [3.05, 3.63) is 17.8 Å². The Kier molecular flexibility index (Phi) is 4.12. The molecule has 1 saturated carbocycles. The van der Waals surface area contributed by atoms with E-state index in [1.807, 2.05) is 11.8 Å². The average Bonchev–Trinajstić information content (AvgIpc) is 3.21. The van der Waals surface area contributed by atoms with E-state index in [9.17, 15) is 4.79 Å². The third-order valence-corrected chi connectivity index (χ3v) is 2.95. The Bertz CT molecular complexity index is 400. The summed E-state index contributed by atoms with van der Waals surface area (Å²) in [6.45, 7) is 5.69. The van der Waals surface area contributed by atoms with Gasteiger partial charge in [0, 0.05) is 19.1 Å². The number of amides is 1. The summed E-state index contributed by atoms with van der Waals surface area (Å²) < 4.78 is 0. The molecule has 1 amide bonds. The first-order valence-corrected chi connectivity index (χ1v) is 6.64. The molecule has 18 heavy (non-hydrogen) atoms. The van der Waals surface area contributed by atoms with E-state index in [1.54, 1.807) is 12.1 Å². The molecule has 0 aromatic carbocycles. The van der Waals surface area contributed by atoms with Crippen molar-refractivity contribution in [1.29, 1.82) is 0 Å². The van der Waals surface area contributed by atoms with Crippen LogP contribution in [0, 0.1) is 0 Å². The predicted molar refractivity (Wildman–Crippen MR) is 70.5 cm³/mol. The second kappa shape index (κ2) is 5.80. The number of hydrogen-bond donors (Lipinski definition) is 1. The first-order valence-electron chi connectivity index (χ1n) is 6.64. The fourth-order valence-corrected chi connectivity index (χ4v) is 1.95. The average molecular weight is 248 g/mol. The third-order valence-electron chi connectivity index (χ3n) is 2.95.